The number of hydrogen-bond donors (Lipinski definition) is 1. The van der Waals surface area contributed by atoms with Crippen molar-refractivity contribution in [1.82, 2.24) is 0 Å². The van der Waals surface area contributed by atoms with Crippen molar-refractivity contribution in [2.75, 3.05) is 21.3 Å². The van der Waals surface area contributed by atoms with Crippen molar-refractivity contribution in [2.45, 2.75) is 65.1 Å². The van der Waals surface area contributed by atoms with Crippen LogP contribution in [0.4, 0.5) is 0 Å². The fraction of sp³-hybridized carbons (Fsp3) is 0.520. The lowest BCUT2D eigenvalue weighted by Gasteiger charge is -2.42. The molecule has 2 aromatic rings. The van der Waals surface area contributed by atoms with Crippen molar-refractivity contribution in [2.24, 2.45) is 0 Å². The maximum atomic E-state index is 10.8. The molecule has 0 aliphatic carbocycles. The predicted molar refractivity (Wildman–Crippen MR) is 130 cm³/mol. The lowest BCUT2D eigenvalue weighted by atomic mass is 10.0. The van der Waals surface area contributed by atoms with Gasteiger partial charge in [0, 0.05) is 17.2 Å². The van der Waals surface area contributed by atoms with Gasteiger partial charge in [-0.2, -0.15) is 0 Å². The monoisotopic (exact) mass is 446 g/mol. The average Bonchev–Trinajstić information content (AvgIpc) is 2.70. The zero-order valence-electron chi connectivity index (χ0n) is 20.6. The van der Waals surface area contributed by atoms with Gasteiger partial charge in [0.1, 0.15) is 17.2 Å². The van der Waals surface area contributed by atoms with E-state index in [9.17, 15) is 5.11 Å². The van der Waals surface area contributed by atoms with Crippen LogP contribution in [0.3, 0.4) is 0 Å². The highest BCUT2D eigenvalue weighted by Gasteiger charge is 2.47. The number of hydrogen-bond acceptors (Lipinski definition) is 5. The van der Waals surface area contributed by atoms with Crippen molar-refractivity contribution < 1.29 is 23.7 Å². The Labute approximate surface area is 188 Å². The first-order valence-electron chi connectivity index (χ1n) is 10.9. The van der Waals surface area contributed by atoms with Gasteiger partial charge in [0.25, 0.3) is 8.32 Å². The highest BCUT2D eigenvalue weighted by Crippen LogP contribution is 2.49. The Kier molecular flexibility index (Phi) is 7.92. The molecule has 0 aliphatic heterocycles. The highest BCUT2D eigenvalue weighted by atomic mass is 28.4. The Bertz CT molecular complexity index is 883. The van der Waals surface area contributed by atoms with Crippen LogP contribution in [0.5, 0.6) is 28.7 Å². The number of phenols is 1. The van der Waals surface area contributed by atoms with Gasteiger partial charge in [-0.1, -0.05) is 41.5 Å². The van der Waals surface area contributed by atoms with Gasteiger partial charge in [0.2, 0.25) is 0 Å². The number of rotatable bonds is 9. The summed E-state index contributed by atoms with van der Waals surface area (Å²) in [6, 6.07) is 7.32. The third kappa shape index (κ3) is 4.64. The summed E-state index contributed by atoms with van der Waals surface area (Å²) in [5.41, 5.74) is 3.45. The van der Waals surface area contributed by atoms with Crippen LogP contribution in [-0.2, 0) is 0 Å². The number of ether oxygens (including phenoxy) is 3. The van der Waals surface area contributed by atoms with Crippen LogP contribution >= 0.6 is 0 Å². The number of aryl methyl sites for hydroxylation is 1. The molecule has 0 unspecified atom stereocenters. The fourth-order valence-electron chi connectivity index (χ4n) is 4.81. The molecule has 1 N–H and O–H groups in total. The Hall–Kier alpha value is -2.34. The van der Waals surface area contributed by atoms with E-state index >= 15 is 0 Å². The van der Waals surface area contributed by atoms with Gasteiger partial charge >= 0.3 is 0 Å². The smallest absolute Gasteiger partial charge is 0.258 e. The zero-order chi connectivity index (χ0) is 23.5. The molecular weight excluding hydrogens is 408 g/mol. The first-order chi connectivity index (χ1) is 14.5. The van der Waals surface area contributed by atoms with Crippen molar-refractivity contribution >= 4 is 8.32 Å². The topological polar surface area (TPSA) is 57.2 Å². The third-order valence-electron chi connectivity index (χ3n) is 6.28. The van der Waals surface area contributed by atoms with Gasteiger partial charge in [-0.3, -0.25) is 0 Å². The van der Waals surface area contributed by atoms with Gasteiger partial charge in [-0.25, -0.2) is 0 Å². The highest BCUT2D eigenvalue weighted by molar-refractivity contribution is 6.78. The molecule has 6 heteroatoms. The second-order valence-electron chi connectivity index (χ2n) is 8.96. The minimum absolute atomic E-state index is 0.168. The average molecular weight is 447 g/mol. The summed E-state index contributed by atoms with van der Waals surface area (Å²) < 4.78 is 23.7. The lowest BCUT2D eigenvalue weighted by Crippen LogP contribution is -2.50. The van der Waals surface area contributed by atoms with E-state index in [0.29, 0.717) is 45.2 Å². The molecule has 0 heterocycles. The molecule has 0 spiro atoms. The number of phenolic OH excluding ortho intramolecular Hbond substituents is 1. The molecule has 0 radical (unpaired) electrons. The summed E-state index contributed by atoms with van der Waals surface area (Å²) >= 11 is 0. The van der Waals surface area contributed by atoms with E-state index in [1.54, 1.807) is 27.4 Å². The molecule has 5 nitrogen and oxygen atoms in total. The molecule has 0 fully saturated rings. The van der Waals surface area contributed by atoms with Crippen LogP contribution in [0.2, 0.25) is 16.6 Å². The molecule has 0 aliphatic rings. The van der Waals surface area contributed by atoms with E-state index in [1.165, 1.54) is 0 Å². The molecule has 0 atom stereocenters. The standard InChI is InChI=1S/C25H38O5Si/c1-15(2)31(16(3)4,17(5)6)30-23-14-25(29-10)24(28-9)13-20(23)19-12-22(27-8)18(7)11-21(19)26/h11-17,26H,1-10H3. The Morgan fingerprint density at radius 1 is 0.645 bits per heavy atom. The molecule has 0 aromatic heterocycles. The lowest BCUT2D eigenvalue weighted by molar-refractivity contribution is 0.352. The molecule has 0 bridgehead atoms. The Morgan fingerprint density at radius 2 is 1.10 bits per heavy atom. The molecule has 2 rings (SSSR count). The van der Waals surface area contributed by atoms with Crippen LogP contribution in [0.15, 0.2) is 24.3 Å². The maximum Gasteiger partial charge on any atom is 0.258 e. The van der Waals surface area contributed by atoms with Crippen molar-refractivity contribution in [3.05, 3.63) is 29.8 Å². The molecule has 0 saturated heterocycles. The molecule has 0 amide bonds. The third-order valence-corrected chi connectivity index (χ3v) is 12.3. The quantitative estimate of drug-likeness (QED) is 0.422. The van der Waals surface area contributed by atoms with Gasteiger partial charge in [0.05, 0.1) is 21.3 Å². The predicted octanol–water partition coefficient (Wildman–Crippen LogP) is 6.95. The van der Waals surface area contributed by atoms with Gasteiger partial charge in [-0.15, -0.1) is 0 Å². The molecule has 0 saturated carbocycles. The van der Waals surface area contributed by atoms with Crippen molar-refractivity contribution in [1.29, 1.82) is 0 Å². The molecular formula is C25H38O5Si. The maximum absolute atomic E-state index is 10.8. The summed E-state index contributed by atoms with van der Waals surface area (Å²) in [5, 5.41) is 10.8. The van der Waals surface area contributed by atoms with E-state index in [2.05, 4.69) is 41.5 Å². The van der Waals surface area contributed by atoms with Crippen molar-refractivity contribution in [3.8, 4) is 39.9 Å². The van der Waals surface area contributed by atoms with Crippen LogP contribution in [0.25, 0.3) is 11.1 Å². The van der Waals surface area contributed by atoms with Crippen LogP contribution in [0.1, 0.15) is 47.1 Å². The molecule has 2 aromatic carbocycles. The van der Waals surface area contributed by atoms with Gasteiger partial charge in [0.15, 0.2) is 11.5 Å². The number of benzene rings is 2. The minimum atomic E-state index is -2.26. The summed E-state index contributed by atoms with van der Waals surface area (Å²) in [5.74, 6) is 2.74. The number of methoxy groups -OCH3 is 3. The van der Waals surface area contributed by atoms with E-state index in [-0.39, 0.29) is 5.75 Å². The van der Waals surface area contributed by atoms with E-state index in [4.69, 9.17) is 18.6 Å². The number of aromatic hydroxyl groups is 1. The second-order valence-corrected chi connectivity index (χ2v) is 14.3. The normalized spacial score (nSPS) is 11.9. The van der Waals surface area contributed by atoms with E-state index in [0.717, 1.165) is 11.1 Å². The van der Waals surface area contributed by atoms with E-state index < -0.39 is 8.32 Å². The van der Waals surface area contributed by atoms with Gasteiger partial charge in [-0.05, 0) is 47.3 Å². The zero-order valence-corrected chi connectivity index (χ0v) is 21.6. The van der Waals surface area contributed by atoms with Crippen LogP contribution < -0.4 is 18.6 Å². The second kappa shape index (κ2) is 9.85. The SMILES string of the molecule is COc1cc(-c2cc(OC)c(OC)cc2O[Si](C(C)C)(C(C)C)C(C)C)c(O)cc1C. The molecule has 31 heavy (non-hydrogen) atoms. The summed E-state index contributed by atoms with van der Waals surface area (Å²) in [7, 11) is 2.59. The van der Waals surface area contributed by atoms with Crippen molar-refractivity contribution in [3.63, 3.8) is 0 Å². The summed E-state index contributed by atoms with van der Waals surface area (Å²) in [6.07, 6.45) is 0. The first kappa shape index (κ1) is 24.9. The first-order valence-corrected chi connectivity index (χ1v) is 13.0. The van der Waals surface area contributed by atoms with E-state index in [1.807, 2.05) is 25.1 Å². The van der Waals surface area contributed by atoms with Crippen LogP contribution in [-0.4, -0.2) is 34.8 Å². The largest absolute Gasteiger partial charge is 0.542 e. The summed E-state index contributed by atoms with van der Waals surface area (Å²) in [4.78, 5) is 0. The Morgan fingerprint density at radius 3 is 1.55 bits per heavy atom. The molecule has 172 valence electrons. The van der Waals surface area contributed by atoms with Crippen LogP contribution in [0, 0.1) is 6.92 Å². The summed E-state index contributed by atoms with van der Waals surface area (Å²) in [6.45, 7) is 15.4. The minimum Gasteiger partial charge on any atom is -0.542 e. The fourth-order valence-corrected chi connectivity index (χ4v) is 10.1. The Balaban J connectivity index is 2.84. The van der Waals surface area contributed by atoms with Gasteiger partial charge < -0.3 is 23.7 Å².